The Morgan fingerprint density at radius 3 is 1.24 bits per heavy atom. The van der Waals surface area contributed by atoms with Crippen LogP contribution in [0.4, 0.5) is 0 Å². The lowest BCUT2D eigenvalue weighted by Crippen LogP contribution is -2.64. The van der Waals surface area contributed by atoms with Crippen LogP contribution in [0.15, 0.2) is 24.3 Å². The Kier molecular flexibility index (Phi) is 40.1. The molecular weight excluding hydrogens is 1320 g/mol. The molecule has 3 saturated heterocycles. The van der Waals surface area contributed by atoms with Gasteiger partial charge in [0.2, 0.25) is 29.5 Å². The number of amides is 5. The Hall–Kier alpha value is -4.69. The third-order valence-corrected chi connectivity index (χ3v) is 16.7. The minimum absolute atomic E-state index is 0.00207. The van der Waals surface area contributed by atoms with Gasteiger partial charge >= 0.3 is 7.60 Å². The number of nitrogens with one attached hydrogen (secondary N) is 6. The van der Waals surface area contributed by atoms with Gasteiger partial charge in [0.15, 0.2) is 24.7 Å². The van der Waals surface area contributed by atoms with Crippen molar-refractivity contribution in [2.24, 2.45) is 0 Å². The number of rotatable bonds is 49. The molecule has 3 aliphatic heterocycles. The molecule has 3 aliphatic rings. The number of hydrogen-bond donors (Lipinski definition) is 16. The van der Waals surface area contributed by atoms with Crippen molar-refractivity contribution in [3.63, 3.8) is 0 Å². The number of carbonyl (C=O) groups is 6. The van der Waals surface area contributed by atoms with Crippen LogP contribution in [-0.2, 0) is 96.6 Å². The third kappa shape index (κ3) is 30.6. The molecule has 0 bridgehead atoms. The van der Waals surface area contributed by atoms with Crippen molar-refractivity contribution in [3.8, 4) is 5.75 Å². The SMILES string of the molecule is CC(=O)NC1C(OCCOCCOCCNCC(=O)CN(CC(=O)NCCOCCOCCOC2OC(CO)C(O)C(O)C2NC(C)=O)C(Cc2ccc(OP(=O)(O)C(C)C)cc2)C(=O)NCCOCCOCCOC2OC(CO)C(O)C(O)C2NC(C)=O)OC(CO)C(O)C1O. The molecule has 17 atom stereocenters. The van der Waals surface area contributed by atoms with E-state index in [1.54, 1.807) is 12.1 Å². The molecule has 3 fully saturated rings. The summed E-state index contributed by atoms with van der Waals surface area (Å²) in [5, 5.41) is 107. The number of aliphatic hydroxyl groups excluding tert-OH is 9. The van der Waals surface area contributed by atoms with Gasteiger partial charge in [-0.3, -0.25) is 33.7 Å². The Labute approximate surface area is 562 Å². The van der Waals surface area contributed by atoms with Gasteiger partial charge in [-0.2, -0.15) is 0 Å². The van der Waals surface area contributed by atoms with E-state index in [0.717, 1.165) is 0 Å². The van der Waals surface area contributed by atoms with Gasteiger partial charge in [0.25, 0.3) is 0 Å². The summed E-state index contributed by atoms with van der Waals surface area (Å²) < 4.78 is 85.3. The van der Waals surface area contributed by atoms with Crippen molar-refractivity contribution >= 4 is 42.9 Å². The molecular formula is C59H102N7O30P. The van der Waals surface area contributed by atoms with Gasteiger partial charge in [-0.1, -0.05) is 26.0 Å². The maximum atomic E-state index is 14.4. The minimum Gasteiger partial charge on any atom is -0.424 e. The van der Waals surface area contributed by atoms with Gasteiger partial charge in [-0.25, -0.2) is 4.57 Å². The van der Waals surface area contributed by atoms with Crippen LogP contribution in [0.2, 0.25) is 0 Å². The third-order valence-electron chi connectivity index (χ3n) is 15.0. The molecule has 37 nitrogen and oxygen atoms in total. The van der Waals surface area contributed by atoms with E-state index in [0.29, 0.717) is 5.56 Å². The summed E-state index contributed by atoms with van der Waals surface area (Å²) in [6.45, 7) is 4.51. The molecule has 1 aromatic carbocycles. The zero-order valence-corrected chi connectivity index (χ0v) is 56.2. The first-order valence-electron chi connectivity index (χ1n) is 31.9. The van der Waals surface area contributed by atoms with Crippen LogP contribution in [0, 0.1) is 0 Å². The minimum atomic E-state index is -4.04. The Bertz CT molecular complexity index is 2500. The molecule has 0 spiro atoms. The number of ether oxygens (including phenoxy) is 12. The highest BCUT2D eigenvalue weighted by Crippen LogP contribution is 2.47. The molecule has 4 rings (SSSR count). The first kappa shape index (κ1) is 84.7. The summed E-state index contributed by atoms with van der Waals surface area (Å²) >= 11 is 0. The fraction of sp³-hybridized carbons (Fsp3) is 0.797. The second-order valence-corrected chi connectivity index (χ2v) is 25.3. The molecule has 558 valence electrons. The second kappa shape index (κ2) is 45.9. The predicted octanol–water partition coefficient (Wildman–Crippen LogP) is -7.76. The van der Waals surface area contributed by atoms with E-state index in [1.165, 1.54) is 51.7 Å². The Morgan fingerprint density at radius 1 is 0.505 bits per heavy atom. The maximum Gasteiger partial charge on any atom is 0.379 e. The monoisotopic (exact) mass is 1420 g/mol. The smallest absolute Gasteiger partial charge is 0.379 e. The van der Waals surface area contributed by atoms with Gasteiger partial charge in [0, 0.05) is 40.4 Å². The summed E-state index contributed by atoms with van der Waals surface area (Å²) in [5.41, 5.74) is -0.190. The number of hydrogen-bond acceptors (Lipinski definition) is 31. The average Bonchev–Trinajstić information content (AvgIpc) is 0.874. The van der Waals surface area contributed by atoms with E-state index < -0.39 is 179 Å². The fourth-order valence-corrected chi connectivity index (χ4v) is 10.5. The van der Waals surface area contributed by atoms with Crippen LogP contribution in [0.25, 0.3) is 0 Å². The molecule has 3 heterocycles. The van der Waals surface area contributed by atoms with Crippen LogP contribution in [0.3, 0.4) is 0 Å². The summed E-state index contributed by atoms with van der Waals surface area (Å²) in [6, 6.07) is 1.49. The standard InChI is InChI=1S/C59H102N7O30P/c1-35(2)97(82,83)96-41-8-6-39(7-9-41)28-42(56(81)62-12-15-86-18-21-89-24-27-92-59-49(65-38(5)72)55(80)52(77)45(34-69)95-59)66(31-46(74)61-11-14-85-17-20-88-23-26-91-58-48(64-37(4)71)54(79)51(76)44(33-68)94-58)30-40(73)29-60-10-13-84-16-19-87-22-25-90-57-47(63-36(3)70)53(78)50(75)43(32-67)93-57/h6-9,35,42-45,47-55,57-60,67-69,75-80H,10-34H2,1-5H3,(H,61,74)(H,62,81)(H,63,70)(H,64,71)(H,65,72)(H,82,83). The highest BCUT2D eigenvalue weighted by atomic mass is 31.2. The highest BCUT2D eigenvalue weighted by molar-refractivity contribution is 7.54. The topological polar surface area (TPSA) is 517 Å². The Morgan fingerprint density at radius 2 is 0.866 bits per heavy atom. The van der Waals surface area contributed by atoms with E-state index in [1.807, 2.05) is 0 Å². The van der Waals surface area contributed by atoms with E-state index >= 15 is 0 Å². The van der Waals surface area contributed by atoms with Gasteiger partial charge < -0.3 is 144 Å². The first-order valence-corrected chi connectivity index (χ1v) is 33.6. The lowest BCUT2D eigenvalue weighted by Gasteiger charge is -2.42. The summed E-state index contributed by atoms with van der Waals surface area (Å²) in [6.07, 6.45) is -16.0. The lowest BCUT2D eigenvalue weighted by molar-refractivity contribution is -0.272. The van der Waals surface area contributed by atoms with Crippen LogP contribution in [-0.4, -0.2) is 353 Å². The number of benzene rings is 1. The quantitative estimate of drug-likeness (QED) is 0.0213. The van der Waals surface area contributed by atoms with Crippen molar-refractivity contribution in [1.29, 1.82) is 0 Å². The summed E-state index contributed by atoms with van der Waals surface area (Å²) in [5.74, 6) is -3.04. The normalized spacial score (nSPS) is 26.8. The van der Waals surface area contributed by atoms with Crippen LogP contribution in [0.5, 0.6) is 5.75 Å². The van der Waals surface area contributed by atoms with Gasteiger partial charge in [-0.05, 0) is 24.1 Å². The number of Topliss-reactive ketones (excluding diaryl/α,β-unsaturated/α-hetero) is 1. The highest BCUT2D eigenvalue weighted by Gasteiger charge is 2.48. The van der Waals surface area contributed by atoms with E-state index in [2.05, 4.69) is 31.9 Å². The molecule has 97 heavy (non-hydrogen) atoms. The fourth-order valence-electron chi connectivity index (χ4n) is 9.83. The van der Waals surface area contributed by atoms with Crippen LogP contribution < -0.4 is 36.4 Å². The van der Waals surface area contributed by atoms with Crippen molar-refractivity contribution in [3.05, 3.63) is 29.8 Å². The lowest BCUT2D eigenvalue weighted by atomic mass is 9.97. The first-order chi connectivity index (χ1) is 46.3. The van der Waals surface area contributed by atoms with E-state index in [9.17, 15) is 84.2 Å². The molecule has 5 amide bonds. The average molecular weight is 1420 g/mol. The molecule has 38 heteroatoms. The zero-order valence-electron chi connectivity index (χ0n) is 55.3. The summed E-state index contributed by atoms with van der Waals surface area (Å²) in [4.78, 5) is 88.9. The zero-order chi connectivity index (χ0) is 71.5. The molecule has 0 aliphatic carbocycles. The van der Waals surface area contributed by atoms with Crippen molar-refractivity contribution in [1.82, 2.24) is 36.8 Å². The Balaban J connectivity index is 1.33. The van der Waals surface area contributed by atoms with Crippen molar-refractivity contribution in [2.75, 3.05) is 158 Å². The maximum absolute atomic E-state index is 14.4. The molecule has 16 N–H and O–H groups in total. The van der Waals surface area contributed by atoms with Crippen molar-refractivity contribution in [2.45, 2.75) is 145 Å². The van der Waals surface area contributed by atoms with Gasteiger partial charge in [-0.15, -0.1) is 0 Å². The molecule has 0 aromatic heterocycles. The largest absolute Gasteiger partial charge is 0.424 e. The predicted molar refractivity (Wildman–Crippen MR) is 334 cm³/mol. The van der Waals surface area contributed by atoms with E-state index in [4.69, 9.17) is 61.4 Å². The summed E-state index contributed by atoms with van der Waals surface area (Å²) in [7, 11) is -4.04. The van der Waals surface area contributed by atoms with Crippen molar-refractivity contribution < 1.29 is 146 Å². The molecule has 1 aromatic rings. The second-order valence-electron chi connectivity index (χ2n) is 23.0. The number of aliphatic hydroxyl groups is 9. The number of nitrogens with zero attached hydrogens (tertiary/aromatic N) is 1. The molecule has 0 radical (unpaired) electrons. The van der Waals surface area contributed by atoms with Gasteiger partial charge in [0.1, 0.15) is 78.8 Å². The number of ketones is 1. The molecule has 17 unspecified atom stereocenters. The molecule has 0 saturated carbocycles. The van der Waals surface area contributed by atoms with E-state index in [-0.39, 0.29) is 137 Å². The van der Waals surface area contributed by atoms with Crippen LogP contribution >= 0.6 is 7.60 Å². The van der Waals surface area contributed by atoms with Gasteiger partial charge in [0.05, 0.1) is 150 Å². The number of carbonyl (C=O) groups excluding carboxylic acids is 6. The van der Waals surface area contributed by atoms with Crippen LogP contribution in [0.1, 0.15) is 40.2 Å².